The molecule has 1 amide bonds. The van der Waals surface area contributed by atoms with E-state index in [4.69, 9.17) is 10.1 Å². The zero-order chi connectivity index (χ0) is 19.9. The molecule has 0 unspecified atom stereocenters. The first-order valence-corrected chi connectivity index (χ1v) is 9.21. The highest BCUT2D eigenvalue weighted by atomic mass is 16.5. The SMILES string of the molecule is CCOC(=O)CC(=N)N1CC[C@@H](C2=C(C(=O)O)N3C(=O)[C@H]([C@@H](C)O)[C@H]3C2)C1. The normalized spacial score (nSPS) is 28.1. The number of likely N-dealkylation sites (tertiary alicyclic amines) is 1. The minimum Gasteiger partial charge on any atom is -0.477 e. The number of hydrogen-bond donors (Lipinski definition) is 3. The number of esters is 1. The molecule has 3 aliphatic heterocycles. The molecule has 0 aromatic rings. The summed E-state index contributed by atoms with van der Waals surface area (Å²) < 4.78 is 4.87. The molecule has 0 aromatic carbocycles. The number of rotatable bonds is 6. The number of hydrogen-bond acceptors (Lipinski definition) is 6. The smallest absolute Gasteiger partial charge is 0.352 e. The summed E-state index contributed by atoms with van der Waals surface area (Å²) in [5, 5.41) is 27.5. The Kier molecular flexibility index (Phi) is 5.23. The van der Waals surface area contributed by atoms with E-state index in [9.17, 15) is 24.6 Å². The van der Waals surface area contributed by atoms with E-state index in [2.05, 4.69) is 0 Å². The van der Waals surface area contributed by atoms with Crippen LogP contribution in [0.3, 0.4) is 0 Å². The zero-order valence-corrected chi connectivity index (χ0v) is 15.5. The van der Waals surface area contributed by atoms with Crippen LogP contribution in [0.2, 0.25) is 0 Å². The number of aliphatic hydroxyl groups excluding tert-OH is 1. The summed E-state index contributed by atoms with van der Waals surface area (Å²) in [6.07, 6.45) is 0.173. The lowest BCUT2D eigenvalue weighted by atomic mass is 9.82. The molecule has 4 atom stereocenters. The molecule has 0 radical (unpaired) electrons. The number of amidine groups is 1. The predicted octanol–water partition coefficient (Wildman–Crippen LogP) is 0.189. The maximum atomic E-state index is 12.3. The molecule has 3 heterocycles. The van der Waals surface area contributed by atoms with Gasteiger partial charge in [-0.1, -0.05) is 0 Å². The minimum absolute atomic E-state index is 0.0330. The third-order valence-corrected chi connectivity index (χ3v) is 5.65. The summed E-state index contributed by atoms with van der Waals surface area (Å²) in [7, 11) is 0. The van der Waals surface area contributed by atoms with Gasteiger partial charge in [-0.2, -0.15) is 0 Å². The first-order chi connectivity index (χ1) is 12.8. The number of ether oxygens (including phenoxy) is 1. The standard InChI is InChI=1S/C18H25N3O6/c1-3-27-14(23)7-13(19)20-5-4-10(8-20)11-6-12-15(9(2)22)17(24)21(12)16(11)18(25)26/h9-10,12,15,19,22H,3-8H2,1-2H3,(H,25,26)/t9-,10-,12-,15-/m1/s1. The summed E-state index contributed by atoms with van der Waals surface area (Å²) in [6.45, 7) is 4.51. The Morgan fingerprint density at radius 2 is 2.11 bits per heavy atom. The van der Waals surface area contributed by atoms with Crippen molar-refractivity contribution in [3.63, 3.8) is 0 Å². The highest BCUT2D eigenvalue weighted by molar-refractivity contribution is 6.00. The Morgan fingerprint density at radius 1 is 1.41 bits per heavy atom. The number of amides is 1. The molecule has 2 fully saturated rings. The number of carboxylic acids is 1. The van der Waals surface area contributed by atoms with Crippen LogP contribution in [0.15, 0.2) is 11.3 Å². The van der Waals surface area contributed by atoms with Gasteiger partial charge in [0.2, 0.25) is 5.91 Å². The first-order valence-electron chi connectivity index (χ1n) is 9.21. The number of nitrogens with zero attached hydrogens (tertiary/aromatic N) is 2. The van der Waals surface area contributed by atoms with Crippen molar-refractivity contribution in [1.29, 1.82) is 5.41 Å². The van der Waals surface area contributed by atoms with Crippen molar-refractivity contribution in [2.75, 3.05) is 19.7 Å². The third kappa shape index (κ3) is 3.31. The summed E-state index contributed by atoms with van der Waals surface area (Å²) in [5.74, 6) is -2.42. The van der Waals surface area contributed by atoms with Gasteiger partial charge in [0.25, 0.3) is 0 Å². The summed E-state index contributed by atoms with van der Waals surface area (Å²) in [6, 6.07) is -0.299. The van der Waals surface area contributed by atoms with Gasteiger partial charge >= 0.3 is 11.9 Å². The number of fused-ring (bicyclic) bond motifs is 1. The van der Waals surface area contributed by atoms with Crippen LogP contribution in [0, 0.1) is 17.2 Å². The lowest BCUT2D eigenvalue weighted by molar-refractivity contribution is -0.161. The number of carboxylic acid groups (broad SMARTS) is 1. The lowest BCUT2D eigenvalue weighted by Crippen LogP contribution is -2.61. The Morgan fingerprint density at radius 3 is 2.70 bits per heavy atom. The van der Waals surface area contributed by atoms with E-state index in [1.165, 1.54) is 4.90 Å². The maximum absolute atomic E-state index is 12.3. The van der Waals surface area contributed by atoms with Gasteiger partial charge in [0, 0.05) is 19.0 Å². The van der Waals surface area contributed by atoms with Gasteiger partial charge < -0.3 is 24.7 Å². The van der Waals surface area contributed by atoms with Crippen molar-refractivity contribution in [2.45, 2.75) is 45.3 Å². The molecule has 27 heavy (non-hydrogen) atoms. The van der Waals surface area contributed by atoms with Crippen LogP contribution in [0.25, 0.3) is 0 Å². The van der Waals surface area contributed by atoms with Crippen LogP contribution in [-0.4, -0.2) is 75.5 Å². The van der Waals surface area contributed by atoms with Crippen molar-refractivity contribution >= 4 is 23.7 Å². The minimum atomic E-state index is -1.13. The Balaban J connectivity index is 1.71. The van der Waals surface area contributed by atoms with Crippen molar-refractivity contribution in [3.05, 3.63) is 11.3 Å². The van der Waals surface area contributed by atoms with Crippen LogP contribution >= 0.6 is 0 Å². The third-order valence-electron chi connectivity index (χ3n) is 5.65. The van der Waals surface area contributed by atoms with Gasteiger partial charge in [-0.05, 0) is 32.3 Å². The van der Waals surface area contributed by atoms with Gasteiger partial charge in [-0.25, -0.2) is 4.79 Å². The number of aliphatic hydroxyl groups is 1. The molecule has 9 heteroatoms. The lowest BCUT2D eigenvalue weighted by Gasteiger charge is -2.44. The van der Waals surface area contributed by atoms with Crippen molar-refractivity contribution in [1.82, 2.24) is 9.80 Å². The molecule has 148 valence electrons. The van der Waals surface area contributed by atoms with E-state index in [0.717, 1.165) is 0 Å². The molecule has 3 aliphatic rings. The van der Waals surface area contributed by atoms with Gasteiger partial charge in [-0.3, -0.25) is 15.0 Å². The Labute approximate surface area is 157 Å². The molecule has 0 spiro atoms. The van der Waals surface area contributed by atoms with E-state index < -0.39 is 24.0 Å². The molecule has 0 bridgehead atoms. The van der Waals surface area contributed by atoms with E-state index in [0.29, 0.717) is 31.5 Å². The molecule has 2 saturated heterocycles. The van der Waals surface area contributed by atoms with Crippen LogP contribution in [0.4, 0.5) is 0 Å². The second kappa shape index (κ2) is 7.30. The molecular formula is C18H25N3O6. The molecule has 3 N–H and O–H groups in total. The van der Waals surface area contributed by atoms with Crippen molar-refractivity contribution in [2.24, 2.45) is 11.8 Å². The summed E-state index contributed by atoms with van der Waals surface area (Å²) in [5.41, 5.74) is 0.737. The number of nitrogens with one attached hydrogen (secondary N) is 1. The molecule has 0 saturated carbocycles. The highest BCUT2D eigenvalue weighted by Crippen LogP contribution is 2.47. The average molecular weight is 379 g/mol. The number of carbonyl (C=O) groups is 3. The van der Waals surface area contributed by atoms with Crippen molar-refractivity contribution < 1.29 is 29.3 Å². The number of β-lactam (4-membered cyclic amide) rings is 1. The zero-order valence-electron chi connectivity index (χ0n) is 15.5. The molecule has 3 rings (SSSR count). The topological polar surface area (TPSA) is 131 Å². The largest absolute Gasteiger partial charge is 0.477 e. The second-order valence-electron chi connectivity index (χ2n) is 7.29. The summed E-state index contributed by atoms with van der Waals surface area (Å²) >= 11 is 0. The van der Waals surface area contributed by atoms with Gasteiger partial charge in [0.15, 0.2) is 0 Å². The van der Waals surface area contributed by atoms with Crippen LogP contribution < -0.4 is 0 Å². The highest BCUT2D eigenvalue weighted by Gasteiger charge is 2.57. The fraction of sp³-hybridized carbons (Fsp3) is 0.667. The number of carbonyl (C=O) groups excluding carboxylic acids is 2. The molecule has 0 aliphatic carbocycles. The molecule has 0 aromatic heterocycles. The Bertz CT molecular complexity index is 716. The van der Waals surface area contributed by atoms with E-state index in [1.54, 1.807) is 18.7 Å². The van der Waals surface area contributed by atoms with Gasteiger partial charge in [0.1, 0.15) is 18.0 Å². The van der Waals surface area contributed by atoms with Gasteiger partial charge in [-0.15, -0.1) is 0 Å². The van der Waals surface area contributed by atoms with Gasteiger partial charge in [0.05, 0.1) is 24.7 Å². The average Bonchev–Trinajstić information content (AvgIpc) is 3.17. The van der Waals surface area contributed by atoms with Crippen LogP contribution in [0.1, 0.15) is 33.1 Å². The van der Waals surface area contributed by atoms with E-state index in [1.807, 2.05) is 0 Å². The Hall–Kier alpha value is -2.42. The fourth-order valence-corrected chi connectivity index (χ4v) is 4.42. The van der Waals surface area contributed by atoms with E-state index >= 15 is 0 Å². The fourth-order valence-electron chi connectivity index (χ4n) is 4.42. The quantitative estimate of drug-likeness (QED) is 0.260. The molecule has 9 nitrogen and oxygen atoms in total. The monoisotopic (exact) mass is 379 g/mol. The van der Waals surface area contributed by atoms with Crippen molar-refractivity contribution in [3.8, 4) is 0 Å². The summed E-state index contributed by atoms with van der Waals surface area (Å²) in [4.78, 5) is 38.7. The predicted molar refractivity (Wildman–Crippen MR) is 93.7 cm³/mol. The molecular weight excluding hydrogens is 354 g/mol. The van der Waals surface area contributed by atoms with E-state index in [-0.39, 0.29) is 42.4 Å². The first kappa shape index (κ1) is 19.3. The second-order valence-corrected chi connectivity index (χ2v) is 7.29. The van der Waals surface area contributed by atoms with Crippen LogP contribution in [0.5, 0.6) is 0 Å². The van der Waals surface area contributed by atoms with Crippen LogP contribution in [-0.2, 0) is 19.1 Å². The maximum Gasteiger partial charge on any atom is 0.352 e. The number of aliphatic carboxylic acids is 1.